The molecule has 1 aliphatic rings. The molecule has 1 saturated heterocycles. The van der Waals surface area contributed by atoms with Crippen LogP contribution in [-0.2, 0) is 4.43 Å². The maximum Gasteiger partial charge on any atom is 0.229 e. The lowest BCUT2D eigenvalue weighted by Gasteiger charge is -2.06. The first kappa shape index (κ1) is 10.5. The molecular formula is C7H15ClOSi. The van der Waals surface area contributed by atoms with Crippen LogP contribution in [0, 0.1) is 0 Å². The number of rotatable bonds is 1. The Hall–Kier alpha value is 0.467. The zero-order valence-corrected chi connectivity index (χ0v) is 8.28. The van der Waals surface area contributed by atoms with Gasteiger partial charge in [-0.3, -0.25) is 0 Å². The molecule has 0 bridgehead atoms. The Morgan fingerprint density at radius 1 is 1.50 bits per heavy atom. The van der Waals surface area contributed by atoms with Crippen LogP contribution in [0.3, 0.4) is 0 Å². The molecule has 0 amide bonds. The third-order valence-corrected chi connectivity index (χ3v) is 2.41. The Kier molecular flexibility index (Phi) is 9.91. The van der Waals surface area contributed by atoms with E-state index in [1.165, 1.54) is 18.9 Å². The minimum atomic E-state index is 0.792. The summed E-state index contributed by atoms with van der Waals surface area (Å²) < 4.78 is 5.10. The predicted octanol–water partition coefficient (Wildman–Crippen LogP) is 2.47. The summed E-state index contributed by atoms with van der Waals surface area (Å²) in [6.07, 6.45) is 3.76. The SMILES string of the molecule is C1CC[Si]OC1.CCCCl. The Morgan fingerprint density at radius 3 is 2.30 bits per heavy atom. The molecule has 0 saturated carbocycles. The molecule has 1 nitrogen and oxygen atoms in total. The number of halogens is 1. The number of alkyl halides is 1. The van der Waals surface area contributed by atoms with E-state index in [2.05, 4.69) is 0 Å². The first-order chi connectivity index (χ1) is 4.91. The average molecular weight is 179 g/mol. The highest BCUT2D eigenvalue weighted by molar-refractivity contribution is 6.27. The van der Waals surface area contributed by atoms with Gasteiger partial charge >= 0.3 is 0 Å². The zero-order chi connectivity index (χ0) is 7.66. The summed E-state index contributed by atoms with van der Waals surface area (Å²) >= 11 is 5.19. The second-order valence-corrected chi connectivity index (χ2v) is 3.59. The van der Waals surface area contributed by atoms with E-state index in [1.54, 1.807) is 0 Å². The van der Waals surface area contributed by atoms with Gasteiger partial charge in [-0.2, -0.15) is 0 Å². The molecule has 0 unspecified atom stereocenters. The second-order valence-electron chi connectivity index (χ2n) is 2.14. The highest BCUT2D eigenvalue weighted by Gasteiger charge is 1.97. The Labute approximate surface area is 71.0 Å². The van der Waals surface area contributed by atoms with Crippen molar-refractivity contribution in [2.75, 3.05) is 12.5 Å². The molecular weight excluding hydrogens is 164 g/mol. The molecule has 0 atom stereocenters. The van der Waals surface area contributed by atoms with Crippen LogP contribution >= 0.6 is 11.6 Å². The van der Waals surface area contributed by atoms with Gasteiger partial charge in [0.1, 0.15) is 0 Å². The Morgan fingerprint density at radius 2 is 2.20 bits per heavy atom. The van der Waals surface area contributed by atoms with Crippen molar-refractivity contribution in [1.29, 1.82) is 0 Å². The fourth-order valence-corrected chi connectivity index (χ4v) is 1.34. The first-order valence-electron chi connectivity index (χ1n) is 3.82. The molecule has 0 aromatic heterocycles. The minimum absolute atomic E-state index is 0.792. The van der Waals surface area contributed by atoms with E-state index in [4.69, 9.17) is 16.0 Å². The molecule has 1 aliphatic heterocycles. The molecule has 0 spiro atoms. The highest BCUT2D eigenvalue weighted by Crippen LogP contribution is 2.01. The van der Waals surface area contributed by atoms with Gasteiger partial charge in [0.25, 0.3) is 0 Å². The molecule has 1 rings (SSSR count). The molecule has 60 valence electrons. The first-order valence-corrected chi connectivity index (χ1v) is 5.47. The fourth-order valence-electron chi connectivity index (χ4n) is 0.516. The van der Waals surface area contributed by atoms with Crippen LogP contribution in [0.5, 0.6) is 0 Å². The summed E-state index contributed by atoms with van der Waals surface area (Å²) in [5, 5.41) is 0. The van der Waals surface area contributed by atoms with Gasteiger partial charge in [-0.1, -0.05) is 13.3 Å². The standard InChI is InChI=1S/C4H8OSi.C3H7Cl/c1-2-4-6-5-3-1;1-2-3-4/h1-4H2;2-3H2,1H3. The summed E-state index contributed by atoms with van der Waals surface area (Å²) in [5.74, 6) is 0.792. The lowest BCUT2D eigenvalue weighted by Crippen LogP contribution is -2.06. The lowest BCUT2D eigenvalue weighted by molar-refractivity contribution is 0.304. The molecule has 0 aliphatic carbocycles. The van der Waals surface area contributed by atoms with Crippen LogP contribution in [-0.4, -0.2) is 22.3 Å². The number of hydrogen-bond acceptors (Lipinski definition) is 1. The summed E-state index contributed by atoms with van der Waals surface area (Å²) in [4.78, 5) is 0. The van der Waals surface area contributed by atoms with E-state index in [1.807, 2.05) is 6.92 Å². The molecule has 2 radical (unpaired) electrons. The molecule has 1 fully saturated rings. The van der Waals surface area contributed by atoms with Gasteiger partial charge in [0.15, 0.2) is 0 Å². The van der Waals surface area contributed by atoms with Gasteiger partial charge in [-0.05, 0) is 18.9 Å². The van der Waals surface area contributed by atoms with Crippen LogP contribution in [0.25, 0.3) is 0 Å². The van der Waals surface area contributed by atoms with Crippen LogP contribution in [0.15, 0.2) is 0 Å². The summed E-state index contributed by atoms with van der Waals surface area (Å²) in [6, 6.07) is 1.31. The van der Waals surface area contributed by atoms with Crippen molar-refractivity contribution in [3.05, 3.63) is 0 Å². The zero-order valence-electron chi connectivity index (χ0n) is 6.53. The highest BCUT2D eigenvalue weighted by atomic mass is 35.5. The van der Waals surface area contributed by atoms with Gasteiger partial charge in [0.05, 0.1) is 0 Å². The lowest BCUT2D eigenvalue weighted by atomic mass is 10.4. The Bertz CT molecular complexity index is 44.1. The molecule has 10 heavy (non-hydrogen) atoms. The number of hydrogen-bond donors (Lipinski definition) is 0. The molecule has 0 aromatic rings. The van der Waals surface area contributed by atoms with Crippen molar-refractivity contribution in [1.82, 2.24) is 0 Å². The van der Waals surface area contributed by atoms with Gasteiger partial charge in [0, 0.05) is 12.5 Å². The van der Waals surface area contributed by atoms with E-state index in [9.17, 15) is 0 Å². The van der Waals surface area contributed by atoms with Gasteiger partial charge in [-0.25, -0.2) is 0 Å². The summed E-state index contributed by atoms with van der Waals surface area (Å²) in [7, 11) is 0.802. The van der Waals surface area contributed by atoms with Crippen LogP contribution in [0.2, 0.25) is 6.04 Å². The van der Waals surface area contributed by atoms with Crippen molar-refractivity contribution in [2.24, 2.45) is 0 Å². The third kappa shape index (κ3) is 8.47. The van der Waals surface area contributed by atoms with Gasteiger partial charge < -0.3 is 4.43 Å². The third-order valence-electron chi connectivity index (χ3n) is 1.07. The average Bonchev–Trinajstić information content (AvgIpc) is 2.08. The maximum absolute atomic E-state index is 5.19. The van der Waals surface area contributed by atoms with E-state index in [-0.39, 0.29) is 0 Å². The Balaban J connectivity index is 0.000000180. The van der Waals surface area contributed by atoms with Crippen molar-refractivity contribution >= 4 is 21.4 Å². The molecule has 0 aromatic carbocycles. The molecule has 1 heterocycles. The van der Waals surface area contributed by atoms with Crippen molar-refractivity contribution < 1.29 is 4.43 Å². The largest absolute Gasteiger partial charge is 0.417 e. The smallest absolute Gasteiger partial charge is 0.229 e. The van der Waals surface area contributed by atoms with Crippen LogP contribution in [0.1, 0.15) is 26.2 Å². The molecule has 0 N–H and O–H groups in total. The maximum atomic E-state index is 5.19. The normalized spacial score (nSPS) is 17.4. The van der Waals surface area contributed by atoms with Gasteiger partial charge in [0.2, 0.25) is 9.76 Å². The molecule has 3 heteroatoms. The summed E-state index contributed by atoms with van der Waals surface area (Å²) in [6.45, 7) is 3.06. The van der Waals surface area contributed by atoms with Crippen LogP contribution in [0.4, 0.5) is 0 Å². The second kappa shape index (κ2) is 9.47. The minimum Gasteiger partial charge on any atom is -0.417 e. The van der Waals surface area contributed by atoms with E-state index in [0.717, 1.165) is 28.7 Å². The topological polar surface area (TPSA) is 9.23 Å². The van der Waals surface area contributed by atoms with E-state index >= 15 is 0 Å². The van der Waals surface area contributed by atoms with Crippen molar-refractivity contribution in [3.63, 3.8) is 0 Å². The quantitative estimate of drug-likeness (QED) is 0.443. The van der Waals surface area contributed by atoms with E-state index in [0.29, 0.717) is 0 Å². The summed E-state index contributed by atoms with van der Waals surface area (Å²) in [5.41, 5.74) is 0. The van der Waals surface area contributed by atoms with E-state index < -0.39 is 0 Å². The predicted molar refractivity (Wildman–Crippen MR) is 46.8 cm³/mol. The fraction of sp³-hybridized carbons (Fsp3) is 1.00. The van der Waals surface area contributed by atoms with Crippen molar-refractivity contribution in [3.8, 4) is 0 Å². The monoisotopic (exact) mass is 178 g/mol. The van der Waals surface area contributed by atoms with Crippen LogP contribution < -0.4 is 0 Å². The van der Waals surface area contributed by atoms with Gasteiger partial charge in [-0.15, -0.1) is 11.6 Å². The van der Waals surface area contributed by atoms with Crippen molar-refractivity contribution in [2.45, 2.75) is 32.2 Å².